The van der Waals surface area contributed by atoms with E-state index in [4.69, 9.17) is 4.74 Å². The Labute approximate surface area is 185 Å². The van der Waals surface area contributed by atoms with Gasteiger partial charge in [0.05, 0.1) is 12.2 Å². The van der Waals surface area contributed by atoms with E-state index < -0.39 is 0 Å². The molecule has 2 fully saturated rings. The average molecular weight is 413 g/mol. The topological polar surface area (TPSA) is 26.3 Å². The summed E-state index contributed by atoms with van der Waals surface area (Å²) in [5.41, 5.74) is 2.12. The van der Waals surface area contributed by atoms with Gasteiger partial charge in [-0.3, -0.25) is 0 Å². The van der Waals surface area contributed by atoms with Gasteiger partial charge in [-0.15, -0.1) is 0 Å². The maximum absolute atomic E-state index is 12.2. The van der Waals surface area contributed by atoms with Crippen LogP contribution < -0.4 is 0 Å². The Kier molecular flexibility index (Phi) is 9.75. The van der Waals surface area contributed by atoms with E-state index in [-0.39, 0.29) is 5.97 Å². The van der Waals surface area contributed by atoms with Crippen LogP contribution >= 0.6 is 0 Å². The SMILES string of the molecule is CCCCCCOC(=O)c1ccc(C2CCC(C3CCC(CCC)CC3)CC2)cc1. The molecule has 2 heteroatoms. The Morgan fingerprint density at radius 1 is 0.800 bits per heavy atom. The Balaban J connectivity index is 1.40. The lowest BCUT2D eigenvalue weighted by molar-refractivity contribution is 0.0498. The van der Waals surface area contributed by atoms with Gasteiger partial charge in [0, 0.05) is 0 Å². The Bertz CT molecular complexity index is 604. The lowest BCUT2D eigenvalue weighted by atomic mass is 9.68. The zero-order chi connectivity index (χ0) is 21.2. The van der Waals surface area contributed by atoms with Gasteiger partial charge < -0.3 is 4.74 Å². The molecule has 0 saturated heterocycles. The number of hydrogen-bond acceptors (Lipinski definition) is 2. The molecule has 0 amide bonds. The lowest BCUT2D eigenvalue weighted by Crippen LogP contribution is -2.25. The summed E-state index contributed by atoms with van der Waals surface area (Å²) in [5.74, 6) is 3.49. The number of ether oxygens (including phenoxy) is 1. The third kappa shape index (κ3) is 6.86. The summed E-state index contributed by atoms with van der Waals surface area (Å²) in [5, 5.41) is 0. The summed E-state index contributed by atoms with van der Waals surface area (Å²) in [6, 6.07) is 8.30. The number of esters is 1. The van der Waals surface area contributed by atoms with Gasteiger partial charge >= 0.3 is 5.97 Å². The molecule has 3 rings (SSSR count). The summed E-state index contributed by atoms with van der Waals surface area (Å²) < 4.78 is 5.43. The van der Waals surface area contributed by atoms with E-state index in [1.54, 1.807) is 0 Å². The van der Waals surface area contributed by atoms with Crippen molar-refractivity contribution in [3.63, 3.8) is 0 Å². The van der Waals surface area contributed by atoms with E-state index in [9.17, 15) is 4.79 Å². The van der Waals surface area contributed by atoms with Gasteiger partial charge in [0.15, 0.2) is 0 Å². The molecule has 1 aromatic rings. The molecule has 0 aromatic heterocycles. The second kappa shape index (κ2) is 12.5. The molecule has 0 spiro atoms. The van der Waals surface area contributed by atoms with Gasteiger partial charge in [0.1, 0.15) is 0 Å². The van der Waals surface area contributed by atoms with Crippen LogP contribution in [0.5, 0.6) is 0 Å². The number of carbonyl (C=O) groups is 1. The van der Waals surface area contributed by atoms with Crippen LogP contribution in [0.2, 0.25) is 0 Å². The van der Waals surface area contributed by atoms with Crippen LogP contribution in [0, 0.1) is 17.8 Å². The van der Waals surface area contributed by atoms with Gasteiger partial charge in [-0.25, -0.2) is 4.79 Å². The predicted molar refractivity (Wildman–Crippen MR) is 126 cm³/mol. The highest BCUT2D eigenvalue weighted by molar-refractivity contribution is 5.89. The van der Waals surface area contributed by atoms with Crippen LogP contribution in [0.4, 0.5) is 0 Å². The van der Waals surface area contributed by atoms with Crippen LogP contribution in [0.3, 0.4) is 0 Å². The first-order valence-corrected chi connectivity index (χ1v) is 13.0. The van der Waals surface area contributed by atoms with Crippen LogP contribution in [-0.2, 0) is 4.74 Å². The van der Waals surface area contributed by atoms with E-state index in [1.807, 2.05) is 12.1 Å². The molecule has 0 radical (unpaired) electrons. The third-order valence-corrected chi connectivity index (χ3v) is 7.88. The van der Waals surface area contributed by atoms with E-state index in [2.05, 4.69) is 26.0 Å². The lowest BCUT2D eigenvalue weighted by Gasteiger charge is -2.38. The first-order chi connectivity index (χ1) is 14.7. The molecule has 30 heavy (non-hydrogen) atoms. The van der Waals surface area contributed by atoms with Crippen molar-refractivity contribution in [1.82, 2.24) is 0 Å². The van der Waals surface area contributed by atoms with E-state index in [0.29, 0.717) is 18.1 Å². The van der Waals surface area contributed by atoms with Crippen molar-refractivity contribution in [2.45, 2.75) is 110 Å². The maximum Gasteiger partial charge on any atom is 0.338 e. The molecular weight excluding hydrogens is 368 g/mol. The number of unbranched alkanes of at least 4 members (excludes halogenated alkanes) is 3. The molecule has 2 aliphatic rings. The quantitative estimate of drug-likeness (QED) is 0.285. The minimum Gasteiger partial charge on any atom is -0.462 e. The maximum atomic E-state index is 12.2. The minimum atomic E-state index is -0.166. The molecule has 0 N–H and O–H groups in total. The van der Waals surface area contributed by atoms with E-state index >= 15 is 0 Å². The minimum absolute atomic E-state index is 0.166. The number of rotatable bonds is 10. The molecule has 0 aliphatic heterocycles. The van der Waals surface area contributed by atoms with Gasteiger partial charge in [0.2, 0.25) is 0 Å². The molecule has 2 saturated carbocycles. The van der Waals surface area contributed by atoms with Crippen molar-refractivity contribution < 1.29 is 9.53 Å². The number of hydrogen-bond donors (Lipinski definition) is 0. The van der Waals surface area contributed by atoms with Crippen LogP contribution in [0.25, 0.3) is 0 Å². The summed E-state index contributed by atoms with van der Waals surface area (Å²) in [6.07, 6.45) is 18.7. The normalized spacial score (nSPS) is 27.0. The molecule has 2 nitrogen and oxygen atoms in total. The van der Waals surface area contributed by atoms with Gasteiger partial charge in [-0.05, 0) is 86.3 Å². The summed E-state index contributed by atoms with van der Waals surface area (Å²) >= 11 is 0. The van der Waals surface area contributed by atoms with Crippen LogP contribution in [-0.4, -0.2) is 12.6 Å². The highest BCUT2D eigenvalue weighted by Gasteiger charge is 2.31. The van der Waals surface area contributed by atoms with Gasteiger partial charge in [-0.1, -0.05) is 70.9 Å². The fourth-order valence-electron chi connectivity index (χ4n) is 5.95. The predicted octanol–water partition coefficient (Wildman–Crippen LogP) is 8.30. The summed E-state index contributed by atoms with van der Waals surface area (Å²) in [4.78, 5) is 12.2. The van der Waals surface area contributed by atoms with Crippen molar-refractivity contribution in [3.8, 4) is 0 Å². The Hall–Kier alpha value is -1.31. The summed E-state index contributed by atoms with van der Waals surface area (Å²) in [7, 11) is 0. The van der Waals surface area contributed by atoms with Crippen molar-refractivity contribution in [2.24, 2.45) is 17.8 Å². The molecule has 1 aromatic carbocycles. The third-order valence-electron chi connectivity index (χ3n) is 7.88. The highest BCUT2D eigenvalue weighted by Crippen LogP contribution is 2.44. The first-order valence-electron chi connectivity index (χ1n) is 13.0. The van der Waals surface area contributed by atoms with E-state index in [0.717, 1.165) is 30.6 Å². The number of benzene rings is 1. The monoisotopic (exact) mass is 412 g/mol. The second-order valence-corrected chi connectivity index (χ2v) is 10.00. The molecule has 0 atom stereocenters. The fourth-order valence-corrected chi connectivity index (χ4v) is 5.95. The molecule has 2 aliphatic carbocycles. The smallest absolute Gasteiger partial charge is 0.338 e. The standard InChI is InChI=1S/C28H44O2/c1-3-5-6-7-21-30-28(29)27-19-17-26(18-20-27)25-15-13-24(14-16-25)23-11-9-22(8-4-2)10-12-23/h17-20,22-25H,3-16,21H2,1-2H3. The zero-order valence-electron chi connectivity index (χ0n) is 19.5. The van der Waals surface area contributed by atoms with Gasteiger partial charge in [0.25, 0.3) is 0 Å². The molecule has 0 heterocycles. The van der Waals surface area contributed by atoms with Crippen molar-refractivity contribution in [2.75, 3.05) is 6.61 Å². The molecule has 168 valence electrons. The molecule has 0 unspecified atom stereocenters. The van der Waals surface area contributed by atoms with Crippen molar-refractivity contribution in [1.29, 1.82) is 0 Å². The van der Waals surface area contributed by atoms with Crippen molar-refractivity contribution in [3.05, 3.63) is 35.4 Å². The summed E-state index contributed by atoms with van der Waals surface area (Å²) in [6.45, 7) is 5.07. The van der Waals surface area contributed by atoms with Gasteiger partial charge in [-0.2, -0.15) is 0 Å². The van der Waals surface area contributed by atoms with Crippen LogP contribution in [0.15, 0.2) is 24.3 Å². The second-order valence-electron chi connectivity index (χ2n) is 10.00. The molecule has 0 bridgehead atoms. The number of carbonyl (C=O) groups excluding carboxylic acids is 1. The fraction of sp³-hybridized carbons (Fsp3) is 0.750. The Morgan fingerprint density at radius 3 is 2.03 bits per heavy atom. The Morgan fingerprint density at radius 2 is 1.43 bits per heavy atom. The zero-order valence-corrected chi connectivity index (χ0v) is 19.5. The molecular formula is C28H44O2. The average Bonchev–Trinajstić information content (AvgIpc) is 2.80. The van der Waals surface area contributed by atoms with E-state index in [1.165, 1.54) is 82.6 Å². The van der Waals surface area contributed by atoms with Crippen molar-refractivity contribution >= 4 is 5.97 Å². The van der Waals surface area contributed by atoms with Crippen LogP contribution in [0.1, 0.15) is 126 Å². The highest BCUT2D eigenvalue weighted by atomic mass is 16.5. The first kappa shape index (κ1) is 23.4. The largest absolute Gasteiger partial charge is 0.462 e.